The van der Waals surface area contributed by atoms with E-state index in [4.69, 9.17) is 0 Å². The average molecular weight is 333 g/mol. The number of rotatable bonds is 6. The van der Waals surface area contributed by atoms with Crippen molar-refractivity contribution >= 4 is 10.0 Å². The van der Waals surface area contributed by atoms with Crippen molar-refractivity contribution in [1.82, 2.24) is 4.31 Å². The molecule has 126 valence electrons. The van der Waals surface area contributed by atoms with E-state index in [0.29, 0.717) is 17.2 Å². The van der Waals surface area contributed by atoms with Crippen molar-refractivity contribution in [2.45, 2.75) is 57.0 Å². The monoisotopic (exact) mass is 333 g/mol. The second-order valence-electron chi connectivity index (χ2n) is 6.69. The van der Waals surface area contributed by atoms with Crippen LogP contribution in [0.15, 0.2) is 54.0 Å². The summed E-state index contributed by atoms with van der Waals surface area (Å²) >= 11 is 0. The first-order valence-corrected chi connectivity index (χ1v) is 9.68. The molecule has 1 aliphatic heterocycles. The topological polar surface area (TPSA) is 37.4 Å². The molecule has 0 spiro atoms. The molecular formula is C19H27NO2S. The van der Waals surface area contributed by atoms with E-state index < -0.39 is 10.0 Å². The predicted molar refractivity (Wildman–Crippen MR) is 95.8 cm³/mol. The molecule has 1 aromatic rings. The highest BCUT2D eigenvalue weighted by atomic mass is 32.2. The maximum absolute atomic E-state index is 13.2. The SMILES string of the molecule is C=CC[C@@H]1C=CC[C@@H](CC(C)C)N1S(=O)(=O)c1ccc(C)cc1. The van der Waals surface area contributed by atoms with Gasteiger partial charge >= 0.3 is 0 Å². The fourth-order valence-corrected chi connectivity index (χ4v) is 4.96. The molecule has 0 unspecified atom stereocenters. The molecule has 23 heavy (non-hydrogen) atoms. The lowest BCUT2D eigenvalue weighted by molar-refractivity contribution is 0.237. The van der Waals surface area contributed by atoms with Crippen molar-refractivity contribution in [1.29, 1.82) is 0 Å². The summed E-state index contributed by atoms with van der Waals surface area (Å²) in [5, 5.41) is 0. The fraction of sp³-hybridized carbons (Fsp3) is 0.474. The molecule has 0 saturated carbocycles. The Morgan fingerprint density at radius 2 is 1.96 bits per heavy atom. The van der Waals surface area contributed by atoms with E-state index in [-0.39, 0.29) is 12.1 Å². The maximum atomic E-state index is 13.2. The van der Waals surface area contributed by atoms with Crippen LogP contribution in [0.1, 0.15) is 38.7 Å². The molecule has 0 N–H and O–H groups in total. The Labute approximate surface area is 140 Å². The van der Waals surface area contributed by atoms with Gasteiger partial charge in [0.05, 0.1) is 4.90 Å². The molecule has 1 aromatic carbocycles. The second kappa shape index (κ2) is 7.45. The van der Waals surface area contributed by atoms with Gasteiger partial charge in [0.15, 0.2) is 0 Å². The summed E-state index contributed by atoms with van der Waals surface area (Å²) < 4.78 is 28.2. The Kier molecular flexibility index (Phi) is 5.82. The Hall–Kier alpha value is -1.39. The van der Waals surface area contributed by atoms with Crippen LogP contribution in [0.4, 0.5) is 0 Å². The minimum atomic E-state index is -3.51. The maximum Gasteiger partial charge on any atom is 0.243 e. The van der Waals surface area contributed by atoms with Crippen molar-refractivity contribution < 1.29 is 8.42 Å². The summed E-state index contributed by atoms with van der Waals surface area (Å²) in [6.07, 6.45) is 8.19. The van der Waals surface area contributed by atoms with E-state index in [0.717, 1.165) is 18.4 Å². The molecule has 0 amide bonds. The van der Waals surface area contributed by atoms with Gasteiger partial charge in [0, 0.05) is 12.1 Å². The molecule has 1 heterocycles. The third-order valence-corrected chi connectivity index (χ3v) is 6.19. The average Bonchev–Trinajstić information content (AvgIpc) is 2.47. The molecule has 4 heteroatoms. The van der Waals surface area contributed by atoms with Crippen LogP contribution in [0.2, 0.25) is 0 Å². The zero-order valence-corrected chi connectivity index (χ0v) is 15.1. The first kappa shape index (κ1) is 18.0. The second-order valence-corrected chi connectivity index (χ2v) is 8.53. The molecule has 0 aromatic heterocycles. The minimum Gasteiger partial charge on any atom is -0.207 e. The Morgan fingerprint density at radius 1 is 1.30 bits per heavy atom. The smallest absolute Gasteiger partial charge is 0.207 e. The predicted octanol–water partition coefficient (Wildman–Crippen LogP) is 4.31. The Balaban J connectivity index is 2.44. The lowest BCUT2D eigenvalue weighted by Crippen LogP contribution is -2.48. The number of aryl methyl sites for hydroxylation is 1. The normalized spacial score (nSPS) is 22.4. The number of benzene rings is 1. The number of hydrogen-bond acceptors (Lipinski definition) is 2. The van der Waals surface area contributed by atoms with Crippen LogP contribution in [0.25, 0.3) is 0 Å². The van der Waals surface area contributed by atoms with Gasteiger partial charge < -0.3 is 0 Å². The van der Waals surface area contributed by atoms with Crippen LogP contribution in [0, 0.1) is 12.8 Å². The quantitative estimate of drug-likeness (QED) is 0.728. The third-order valence-electron chi connectivity index (χ3n) is 4.20. The van der Waals surface area contributed by atoms with Gasteiger partial charge in [0.2, 0.25) is 10.0 Å². The van der Waals surface area contributed by atoms with Gasteiger partial charge in [0.25, 0.3) is 0 Å². The molecule has 2 rings (SSSR count). The van der Waals surface area contributed by atoms with Gasteiger partial charge in [-0.25, -0.2) is 8.42 Å². The molecule has 1 aliphatic rings. The van der Waals surface area contributed by atoms with Crippen molar-refractivity contribution in [3.05, 3.63) is 54.6 Å². The summed E-state index contributed by atoms with van der Waals surface area (Å²) in [6.45, 7) is 10.0. The number of sulfonamides is 1. The Bertz CT molecular complexity index is 659. The van der Waals surface area contributed by atoms with Crippen LogP contribution < -0.4 is 0 Å². The van der Waals surface area contributed by atoms with Gasteiger partial charge in [-0.3, -0.25) is 0 Å². The van der Waals surface area contributed by atoms with E-state index in [1.807, 2.05) is 25.1 Å². The highest BCUT2D eigenvalue weighted by Crippen LogP contribution is 2.31. The number of hydrogen-bond donors (Lipinski definition) is 0. The van der Waals surface area contributed by atoms with E-state index in [9.17, 15) is 8.42 Å². The minimum absolute atomic E-state index is 0.0104. The molecule has 0 aliphatic carbocycles. The van der Waals surface area contributed by atoms with Gasteiger partial charge in [-0.05, 0) is 44.2 Å². The lowest BCUT2D eigenvalue weighted by Gasteiger charge is -2.38. The molecule has 0 saturated heterocycles. The van der Waals surface area contributed by atoms with E-state index >= 15 is 0 Å². The zero-order valence-electron chi connectivity index (χ0n) is 14.3. The third kappa shape index (κ3) is 4.12. The highest BCUT2D eigenvalue weighted by molar-refractivity contribution is 7.89. The standard InChI is InChI=1S/C19H27NO2S/c1-5-7-17-8-6-9-18(14-15(2)3)20(17)23(21,22)19-12-10-16(4)11-13-19/h5-6,8,10-13,15,17-18H,1,7,9,14H2,2-4H3/t17-,18+/m1/s1. The van der Waals surface area contributed by atoms with Crippen molar-refractivity contribution in [2.24, 2.45) is 5.92 Å². The van der Waals surface area contributed by atoms with E-state index in [1.54, 1.807) is 22.5 Å². The summed E-state index contributed by atoms with van der Waals surface area (Å²) in [6, 6.07) is 6.99. The fourth-order valence-electron chi connectivity index (χ4n) is 3.16. The molecule has 0 bridgehead atoms. The van der Waals surface area contributed by atoms with Gasteiger partial charge in [0.1, 0.15) is 0 Å². The van der Waals surface area contributed by atoms with Crippen LogP contribution in [-0.4, -0.2) is 24.8 Å². The van der Waals surface area contributed by atoms with Crippen LogP contribution in [-0.2, 0) is 10.0 Å². The highest BCUT2D eigenvalue weighted by Gasteiger charge is 2.37. The molecule has 0 fully saturated rings. The van der Waals surface area contributed by atoms with Crippen LogP contribution in [0.3, 0.4) is 0 Å². The molecule has 0 radical (unpaired) electrons. The largest absolute Gasteiger partial charge is 0.243 e. The summed E-state index contributed by atoms with van der Waals surface area (Å²) in [4.78, 5) is 0.376. The van der Waals surface area contributed by atoms with E-state index in [2.05, 4.69) is 26.5 Å². The van der Waals surface area contributed by atoms with Crippen LogP contribution >= 0.6 is 0 Å². The van der Waals surface area contributed by atoms with Crippen molar-refractivity contribution in [3.63, 3.8) is 0 Å². The first-order valence-electron chi connectivity index (χ1n) is 8.24. The first-order chi connectivity index (χ1) is 10.9. The molecule has 2 atom stereocenters. The summed E-state index contributed by atoms with van der Waals surface area (Å²) in [7, 11) is -3.51. The summed E-state index contributed by atoms with van der Waals surface area (Å²) in [5.41, 5.74) is 1.06. The van der Waals surface area contributed by atoms with E-state index in [1.165, 1.54) is 0 Å². The summed E-state index contributed by atoms with van der Waals surface area (Å²) in [5.74, 6) is 0.451. The van der Waals surface area contributed by atoms with Crippen LogP contribution in [0.5, 0.6) is 0 Å². The molecule has 3 nitrogen and oxygen atoms in total. The van der Waals surface area contributed by atoms with Crippen molar-refractivity contribution in [3.8, 4) is 0 Å². The lowest BCUT2D eigenvalue weighted by atomic mass is 9.96. The van der Waals surface area contributed by atoms with Crippen molar-refractivity contribution in [2.75, 3.05) is 0 Å². The zero-order chi connectivity index (χ0) is 17.0. The molecular weight excluding hydrogens is 306 g/mol. The van der Waals surface area contributed by atoms with Gasteiger partial charge in [-0.1, -0.05) is 49.8 Å². The Morgan fingerprint density at radius 3 is 2.52 bits per heavy atom. The number of nitrogens with zero attached hydrogens (tertiary/aromatic N) is 1. The van der Waals surface area contributed by atoms with Gasteiger partial charge in [-0.15, -0.1) is 6.58 Å². The van der Waals surface area contributed by atoms with Gasteiger partial charge in [-0.2, -0.15) is 4.31 Å².